The molecule has 0 amide bonds. The fourth-order valence-electron chi connectivity index (χ4n) is 2.36. The molecule has 2 aromatic carbocycles. The average molecular weight is 348 g/mol. The van der Waals surface area contributed by atoms with E-state index in [4.69, 9.17) is 4.74 Å². The molecular weight excluding hydrogens is 326 g/mol. The van der Waals surface area contributed by atoms with Gasteiger partial charge in [-0.15, -0.1) is 0 Å². The van der Waals surface area contributed by atoms with Crippen LogP contribution in [0.5, 0.6) is 5.75 Å². The first kappa shape index (κ1) is 16.1. The molecule has 0 bridgehead atoms. The van der Waals surface area contributed by atoms with Crippen molar-refractivity contribution in [3.05, 3.63) is 64.1 Å². The minimum Gasteiger partial charge on any atom is -0.493 e. The van der Waals surface area contributed by atoms with Crippen LogP contribution in [0.25, 0.3) is 0 Å². The van der Waals surface area contributed by atoms with Crippen molar-refractivity contribution in [2.24, 2.45) is 0 Å². The van der Waals surface area contributed by atoms with Crippen molar-refractivity contribution in [1.29, 1.82) is 0 Å². The van der Waals surface area contributed by atoms with E-state index < -0.39 is 0 Å². The second-order valence-electron chi connectivity index (χ2n) is 4.90. The van der Waals surface area contributed by atoms with Gasteiger partial charge in [-0.05, 0) is 30.7 Å². The van der Waals surface area contributed by atoms with Gasteiger partial charge in [0.2, 0.25) is 0 Å². The quantitative estimate of drug-likeness (QED) is 0.765. The molecule has 1 N–H and O–H groups in total. The minimum absolute atomic E-state index is 0.124. The molecule has 2 rings (SSSR count). The van der Waals surface area contributed by atoms with E-state index in [-0.39, 0.29) is 6.04 Å². The van der Waals surface area contributed by atoms with E-state index in [0.717, 1.165) is 29.8 Å². The number of hydrogen-bond acceptors (Lipinski definition) is 2. The number of ether oxygens (including phenoxy) is 1. The highest BCUT2D eigenvalue weighted by atomic mass is 79.9. The summed E-state index contributed by atoms with van der Waals surface area (Å²) in [5.41, 5.74) is 2.41. The summed E-state index contributed by atoms with van der Waals surface area (Å²) in [4.78, 5) is 0. The average Bonchev–Trinajstić information content (AvgIpc) is 2.52. The fourth-order valence-corrected chi connectivity index (χ4v) is 2.88. The van der Waals surface area contributed by atoms with E-state index in [1.54, 1.807) is 0 Å². The van der Waals surface area contributed by atoms with Crippen LogP contribution < -0.4 is 10.1 Å². The highest BCUT2D eigenvalue weighted by Crippen LogP contribution is 2.33. The maximum atomic E-state index is 5.92. The topological polar surface area (TPSA) is 21.3 Å². The van der Waals surface area contributed by atoms with E-state index in [1.807, 2.05) is 18.2 Å². The number of hydrogen-bond donors (Lipinski definition) is 1. The Kier molecular flexibility index (Phi) is 6.27. The van der Waals surface area contributed by atoms with Crippen molar-refractivity contribution in [3.8, 4) is 5.75 Å². The Balaban J connectivity index is 2.41. The highest BCUT2D eigenvalue weighted by molar-refractivity contribution is 9.10. The van der Waals surface area contributed by atoms with Gasteiger partial charge < -0.3 is 10.1 Å². The van der Waals surface area contributed by atoms with Crippen molar-refractivity contribution < 1.29 is 4.74 Å². The van der Waals surface area contributed by atoms with Crippen LogP contribution in [0.2, 0.25) is 0 Å². The number of benzene rings is 2. The molecule has 0 aromatic heterocycles. The van der Waals surface area contributed by atoms with Crippen LogP contribution in [-0.4, -0.2) is 13.2 Å². The lowest BCUT2D eigenvalue weighted by Gasteiger charge is -2.23. The molecule has 3 heteroatoms. The third-order valence-corrected chi connectivity index (χ3v) is 4.04. The number of halogens is 1. The molecule has 0 aliphatic heterocycles. The lowest BCUT2D eigenvalue weighted by Crippen LogP contribution is -2.23. The van der Waals surface area contributed by atoms with Crippen LogP contribution >= 0.6 is 15.9 Å². The normalized spacial score (nSPS) is 12.1. The molecule has 0 aliphatic carbocycles. The van der Waals surface area contributed by atoms with Crippen molar-refractivity contribution >= 4 is 15.9 Å². The van der Waals surface area contributed by atoms with Crippen LogP contribution in [-0.2, 0) is 0 Å². The minimum atomic E-state index is 0.124. The van der Waals surface area contributed by atoms with Gasteiger partial charge in [0.1, 0.15) is 5.75 Å². The molecule has 2 aromatic rings. The molecule has 21 heavy (non-hydrogen) atoms. The first-order chi connectivity index (χ1) is 10.3. The zero-order valence-corrected chi connectivity index (χ0v) is 14.2. The summed E-state index contributed by atoms with van der Waals surface area (Å²) in [5, 5.41) is 3.56. The van der Waals surface area contributed by atoms with Crippen molar-refractivity contribution in [2.75, 3.05) is 13.2 Å². The molecule has 112 valence electrons. The van der Waals surface area contributed by atoms with E-state index in [2.05, 4.69) is 65.4 Å². The number of para-hydroxylation sites is 1. The van der Waals surface area contributed by atoms with Crippen molar-refractivity contribution in [3.63, 3.8) is 0 Å². The molecule has 0 heterocycles. The summed E-state index contributed by atoms with van der Waals surface area (Å²) in [6.45, 7) is 5.89. The summed E-state index contributed by atoms with van der Waals surface area (Å²) in [6, 6.07) is 16.7. The molecule has 2 nitrogen and oxygen atoms in total. The van der Waals surface area contributed by atoms with Gasteiger partial charge in [-0.1, -0.05) is 66.2 Å². The van der Waals surface area contributed by atoms with Crippen molar-refractivity contribution in [2.45, 2.75) is 26.3 Å². The third kappa shape index (κ3) is 4.08. The monoisotopic (exact) mass is 347 g/mol. The van der Waals surface area contributed by atoms with Crippen LogP contribution in [0.1, 0.15) is 37.4 Å². The first-order valence-corrected chi connectivity index (χ1v) is 8.26. The maximum absolute atomic E-state index is 5.92. The molecule has 0 aliphatic rings. The summed E-state index contributed by atoms with van der Waals surface area (Å²) >= 11 is 3.66. The molecule has 0 saturated heterocycles. The summed E-state index contributed by atoms with van der Waals surface area (Å²) in [6.07, 6.45) is 1.01. The third-order valence-electron chi connectivity index (χ3n) is 3.32. The zero-order valence-electron chi connectivity index (χ0n) is 12.6. The maximum Gasteiger partial charge on any atom is 0.124 e. The number of nitrogens with one attached hydrogen (secondary N) is 1. The number of rotatable bonds is 7. The first-order valence-electron chi connectivity index (χ1n) is 7.47. The lowest BCUT2D eigenvalue weighted by atomic mass is 9.97. The van der Waals surface area contributed by atoms with E-state index in [1.165, 1.54) is 11.1 Å². The van der Waals surface area contributed by atoms with E-state index >= 15 is 0 Å². The Hall–Kier alpha value is -1.32. The second kappa shape index (κ2) is 8.20. The highest BCUT2D eigenvalue weighted by Gasteiger charge is 2.19. The summed E-state index contributed by atoms with van der Waals surface area (Å²) in [7, 11) is 0. The second-order valence-corrected chi connectivity index (χ2v) is 5.75. The molecule has 1 unspecified atom stereocenters. The van der Waals surface area contributed by atoms with Gasteiger partial charge in [0.05, 0.1) is 12.6 Å². The van der Waals surface area contributed by atoms with Crippen molar-refractivity contribution in [1.82, 2.24) is 5.32 Å². The van der Waals surface area contributed by atoms with Gasteiger partial charge in [-0.3, -0.25) is 0 Å². The SMILES string of the molecule is CCCOc1ccccc1C(NCC)c1ccccc1Br. The van der Waals surface area contributed by atoms with Crippen LogP contribution in [0.4, 0.5) is 0 Å². The van der Waals surface area contributed by atoms with Gasteiger partial charge in [0, 0.05) is 10.0 Å². The Labute approximate surface area is 135 Å². The van der Waals surface area contributed by atoms with Gasteiger partial charge in [-0.25, -0.2) is 0 Å². The molecule has 0 radical (unpaired) electrons. The predicted molar refractivity (Wildman–Crippen MR) is 91.9 cm³/mol. The zero-order chi connectivity index (χ0) is 15.1. The molecule has 0 spiro atoms. The fraction of sp³-hybridized carbons (Fsp3) is 0.333. The van der Waals surface area contributed by atoms with Gasteiger partial charge >= 0.3 is 0 Å². The van der Waals surface area contributed by atoms with Gasteiger partial charge in [-0.2, -0.15) is 0 Å². The Morgan fingerprint density at radius 3 is 2.33 bits per heavy atom. The molecule has 1 atom stereocenters. The smallest absolute Gasteiger partial charge is 0.124 e. The Bertz CT molecular complexity index is 571. The van der Waals surface area contributed by atoms with Crippen LogP contribution in [0.3, 0.4) is 0 Å². The van der Waals surface area contributed by atoms with E-state index in [0.29, 0.717) is 0 Å². The largest absolute Gasteiger partial charge is 0.493 e. The summed E-state index contributed by atoms with van der Waals surface area (Å²) in [5.74, 6) is 0.959. The van der Waals surface area contributed by atoms with Crippen LogP contribution in [0, 0.1) is 0 Å². The Morgan fingerprint density at radius 1 is 1.00 bits per heavy atom. The Morgan fingerprint density at radius 2 is 1.67 bits per heavy atom. The lowest BCUT2D eigenvalue weighted by molar-refractivity contribution is 0.312. The molecule has 0 fully saturated rings. The summed E-state index contributed by atoms with van der Waals surface area (Å²) < 4.78 is 7.03. The van der Waals surface area contributed by atoms with Gasteiger partial charge in [0.15, 0.2) is 0 Å². The molecular formula is C18H22BrNO. The van der Waals surface area contributed by atoms with Gasteiger partial charge in [0.25, 0.3) is 0 Å². The molecule has 0 saturated carbocycles. The van der Waals surface area contributed by atoms with Crippen LogP contribution in [0.15, 0.2) is 53.0 Å². The standard InChI is InChI=1S/C18H22BrNO/c1-3-13-21-17-12-8-6-10-15(17)18(20-4-2)14-9-5-7-11-16(14)19/h5-12,18,20H,3-4,13H2,1-2H3. The van der Waals surface area contributed by atoms with E-state index in [9.17, 15) is 0 Å². The predicted octanol–water partition coefficient (Wildman–Crippen LogP) is 4.94.